The summed E-state index contributed by atoms with van der Waals surface area (Å²) in [6.07, 6.45) is -5.10. The third-order valence-corrected chi connectivity index (χ3v) is 2.68. The molecule has 17 heavy (non-hydrogen) atoms. The van der Waals surface area contributed by atoms with E-state index in [9.17, 15) is 18.0 Å². The Morgan fingerprint density at radius 1 is 1.59 bits per heavy atom. The Morgan fingerprint density at radius 3 is 2.65 bits per heavy atom. The maximum atomic E-state index is 12.0. The zero-order chi connectivity index (χ0) is 13.2. The first kappa shape index (κ1) is 14.0. The van der Waals surface area contributed by atoms with Crippen LogP contribution >= 0.6 is 22.6 Å². The van der Waals surface area contributed by atoms with Gasteiger partial charge in [-0.15, -0.1) is 13.2 Å². The second-order valence-corrected chi connectivity index (χ2v) is 4.20. The monoisotopic (exact) mass is 361 g/mol. The highest BCUT2D eigenvalue weighted by Gasteiger charge is 2.32. The van der Waals surface area contributed by atoms with Gasteiger partial charge in [-0.25, -0.2) is 4.98 Å². The molecule has 0 radical (unpaired) electrons. The quantitative estimate of drug-likeness (QED) is 0.664. The third-order valence-electron chi connectivity index (χ3n) is 1.75. The summed E-state index contributed by atoms with van der Waals surface area (Å²) < 4.78 is 39.9. The van der Waals surface area contributed by atoms with Crippen molar-refractivity contribution >= 4 is 28.6 Å². The Kier molecular flexibility index (Phi) is 4.17. The van der Waals surface area contributed by atoms with Crippen molar-refractivity contribution in [3.05, 3.63) is 20.9 Å². The van der Waals surface area contributed by atoms with Crippen LogP contribution < -0.4 is 4.74 Å². The maximum Gasteiger partial charge on any atom is 0.574 e. The van der Waals surface area contributed by atoms with Crippen molar-refractivity contribution in [1.29, 1.82) is 0 Å². The molecule has 0 unspecified atom stereocenters. The maximum absolute atomic E-state index is 12.0. The van der Waals surface area contributed by atoms with Crippen LogP contribution in [0, 0.1) is 10.6 Å². The Bertz CT molecular complexity index is 448. The van der Waals surface area contributed by atoms with E-state index in [4.69, 9.17) is 5.11 Å². The van der Waals surface area contributed by atoms with Crippen molar-refractivity contribution in [3.63, 3.8) is 0 Å². The first-order valence-corrected chi connectivity index (χ1v) is 5.40. The van der Waals surface area contributed by atoms with Crippen molar-refractivity contribution < 1.29 is 27.8 Å². The van der Waals surface area contributed by atoms with Crippen LogP contribution in [0.2, 0.25) is 0 Å². The van der Waals surface area contributed by atoms with Crippen molar-refractivity contribution in [2.24, 2.45) is 0 Å². The molecule has 0 fully saturated rings. The molecule has 0 spiro atoms. The standard InChI is InChI=1S/C9H7F3INO3/c1-4-2-5(3-6(15)16)7(13)14-8(4)17-9(10,11)12/h2H,3H2,1H3,(H,15,16). The molecule has 1 heterocycles. The van der Waals surface area contributed by atoms with Gasteiger partial charge in [0.2, 0.25) is 5.88 Å². The molecule has 0 bridgehead atoms. The van der Waals surface area contributed by atoms with Crippen LogP contribution in [0.25, 0.3) is 0 Å². The summed E-state index contributed by atoms with van der Waals surface area (Å²) in [5.74, 6) is -1.63. The molecule has 0 atom stereocenters. The summed E-state index contributed by atoms with van der Waals surface area (Å²) in [7, 11) is 0. The third kappa shape index (κ3) is 4.36. The molecule has 1 rings (SSSR count). The Morgan fingerprint density at radius 2 is 2.18 bits per heavy atom. The van der Waals surface area contributed by atoms with Crippen molar-refractivity contribution in [2.75, 3.05) is 0 Å². The van der Waals surface area contributed by atoms with Crippen LogP contribution in [0.5, 0.6) is 5.88 Å². The van der Waals surface area contributed by atoms with Crippen LogP contribution in [0.4, 0.5) is 13.2 Å². The number of pyridine rings is 1. The molecular weight excluding hydrogens is 354 g/mol. The highest BCUT2D eigenvalue weighted by Crippen LogP contribution is 2.26. The molecule has 8 heteroatoms. The van der Waals surface area contributed by atoms with Crippen molar-refractivity contribution in [3.8, 4) is 5.88 Å². The minimum atomic E-state index is -4.81. The van der Waals surface area contributed by atoms with Crippen LogP contribution in [0.15, 0.2) is 6.07 Å². The fourth-order valence-corrected chi connectivity index (χ4v) is 1.70. The Labute approximate surface area is 108 Å². The minimum absolute atomic E-state index is 0.138. The largest absolute Gasteiger partial charge is 0.574 e. The number of carboxylic acids is 1. The van der Waals surface area contributed by atoms with E-state index in [1.54, 1.807) is 22.6 Å². The molecule has 1 aromatic rings. The molecule has 0 saturated heterocycles. The number of aryl methyl sites for hydroxylation is 1. The van der Waals surface area contributed by atoms with E-state index >= 15 is 0 Å². The molecule has 4 nitrogen and oxygen atoms in total. The lowest BCUT2D eigenvalue weighted by Gasteiger charge is -2.12. The molecule has 0 aromatic carbocycles. The number of alkyl halides is 3. The normalized spacial score (nSPS) is 11.4. The van der Waals surface area contributed by atoms with Crippen LogP contribution in [0.3, 0.4) is 0 Å². The first-order valence-electron chi connectivity index (χ1n) is 4.32. The van der Waals surface area contributed by atoms with E-state index in [1.807, 2.05) is 0 Å². The summed E-state index contributed by atoms with van der Waals surface area (Å²) in [5, 5.41) is 8.60. The van der Waals surface area contributed by atoms with Gasteiger partial charge in [0.1, 0.15) is 3.70 Å². The van der Waals surface area contributed by atoms with Gasteiger partial charge < -0.3 is 9.84 Å². The number of rotatable bonds is 3. The second-order valence-electron chi connectivity index (χ2n) is 3.18. The van der Waals surface area contributed by atoms with E-state index in [0.29, 0.717) is 5.56 Å². The highest BCUT2D eigenvalue weighted by atomic mass is 127. The van der Waals surface area contributed by atoms with Gasteiger partial charge in [0.15, 0.2) is 0 Å². The lowest BCUT2D eigenvalue weighted by atomic mass is 10.1. The number of aromatic nitrogens is 1. The van der Waals surface area contributed by atoms with Gasteiger partial charge in [-0.3, -0.25) is 4.79 Å². The number of hydrogen-bond donors (Lipinski definition) is 1. The molecule has 0 amide bonds. The van der Waals surface area contributed by atoms with Crippen molar-refractivity contribution in [2.45, 2.75) is 19.7 Å². The Balaban J connectivity index is 3.05. The van der Waals surface area contributed by atoms with E-state index < -0.39 is 18.2 Å². The van der Waals surface area contributed by atoms with Gasteiger partial charge in [-0.2, -0.15) is 0 Å². The number of ether oxygens (including phenoxy) is 1. The number of hydrogen-bond acceptors (Lipinski definition) is 3. The summed E-state index contributed by atoms with van der Waals surface area (Å²) in [4.78, 5) is 14.1. The number of aliphatic carboxylic acids is 1. The van der Waals surface area contributed by atoms with Crippen LogP contribution in [-0.4, -0.2) is 22.4 Å². The minimum Gasteiger partial charge on any atom is -0.481 e. The lowest BCUT2D eigenvalue weighted by Crippen LogP contribution is -2.19. The average Bonchev–Trinajstić information content (AvgIpc) is 2.10. The molecule has 0 aliphatic rings. The smallest absolute Gasteiger partial charge is 0.481 e. The molecule has 0 aliphatic carbocycles. The fourth-order valence-electron chi connectivity index (χ4n) is 1.13. The van der Waals surface area contributed by atoms with Gasteiger partial charge in [0.05, 0.1) is 6.42 Å². The van der Waals surface area contributed by atoms with Crippen LogP contribution in [-0.2, 0) is 11.2 Å². The zero-order valence-electron chi connectivity index (χ0n) is 8.51. The van der Waals surface area contributed by atoms with Gasteiger partial charge in [-0.1, -0.05) is 0 Å². The number of carboxylic acid groups (broad SMARTS) is 1. The molecule has 94 valence electrons. The lowest BCUT2D eigenvalue weighted by molar-refractivity contribution is -0.276. The van der Waals surface area contributed by atoms with Gasteiger partial charge in [0, 0.05) is 5.56 Å². The van der Waals surface area contributed by atoms with E-state index in [-0.39, 0.29) is 15.7 Å². The van der Waals surface area contributed by atoms with Gasteiger partial charge in [0.25, 0.3) is 0 Å². The second kappa shape index (κ2) is 5.07. The molecule has 1 aromatic heterocycles. The molecule has 0 aliphatic heterocycles. The predicted octanol–water partition coefficient (Wildman–Crippen LogP) is 2.52. The van der Waals surface area contributed by atoms with Crippen LogP contribution in [0.1, 0.15) is 11.1 Å². The van der Waals surface area contributed by atoms with E-state index in [2.05, 4.69) is 9.72 Å². The summed E-state index contributed by atoms with van der Waals surface area (Å²) >= 11 is 1.67. The van der Waals surface area contributed by atoms with Crippen molar-refractivity contribution in [1.82, 2.24) is 4.98 Å². The number of nitrogens with zero attached hydrogens (tertiary/aromatic N) is 1. The summed E-state index contributed by atoms with van der Waals surface area (Å²) in [6.45, 7) is 1.37. The number of carbonyl (C=O) groups is 1. The molecule has 1 N–H and O–H groups in total. The van der Waals surface area contributed by atoms with E-state index in [0.717, 1.165) is 0 Å². The zero-order valence-corrected chi connectivity index (χ0v) is 10.7. The first-order chi connectivity index (χ1) is 7.69. The average molecular weight is 361 g/mol. The summed E-state index contributed by atoms with van der Waals surface area (Å²) in [6, 6.07) is 1.32. The summed E-state index contributed by atoms with van der Waals surface area (Å²) in [5.41, 5.74) is 0.490. The molecular formula is C9H7F3INO3. The molecule has 0 saturated carbocycles. The fraction of sp³-hybridized carbons (Fsp3) is 0.333. The van der Waals surface area contributed by atoms with Gasteiger partial charge in [-0.05, 0) is 41.1 Å². The number of halogens is 4. The highest BCUT2D eigenvalue weighted by molar-refractivity contribution is 14.1. The van der Waals surface area contributed by atoms with E-state index in [1.165, 1.54) is 13.0 Å². The van der Waals surface area contributed by atoms with Gasteiger partial charge >= 0.3 is 12.3 Å². The Hall–Kier alpha value is -1.06. The predicted molar refractivity (Wildman–Crippen MR) is 59.7 cm³/mol. The SMILES string of the molecule is Cc1cc(CC(=O)O)c(I)nc1OC(F)(F)F. The topological polar surface area (TPSA) is 59.4 Å².